The highest BCUT2D eigenvalue weighted by molar-refractivity contribution is 5.74. The highest BCUT2D eigenvalue weighted by Gasteiger charge is 2.50. The van der Waals surface area contributed by atoms with Gasteiger partial charge in [0.15, 0.2) is 24.6 Å². The molecule has 6 atom stereocenters. The number of esters is 3. The SMILES string of the molecule is CC/C=C\C/C=C\C/C=C\C/C=C\CCCCC(=O)OCC(COC1OC(C(=O)O)C(O)C(O)C1OC(=O)CCCCCCCCCCCCCCCCCCC)OC(=O)CCCCCCCCCCCCCCCCC. The lowest BCUT2D eigenvalue weighted by molar-refractivity contribution is -0.301. The number of aliphatic carboxylic acids is 1. The van der Waals surface area contributed by atoms with Gasteiger partial charge >= 0.3 is 23.9 Å². The normalized spacial score (nSPS) is 18.3. The number of hydrogen-bond donors (Lipinski definition) is 3. The summed E-state index contributed by atoms with van der Waals surface area (Å²) in [7, 11) is 0. The van der Waals surface area contributed by atoms with Crippen LogP contribution < -0.4 is 0 Å². The summed E-state index contributed by atoms with van der Waals surface area (Å²) in [6.45, 7) is 5.88. The molecule has 0 aromatic heterocycles. The summed E-state index contributed by atoms with van der Waals surface area (Å²) in [5.41, 5.74) is 0. The molecule has 1 fully saturated rings. The first-order chi connectivity index (χ1) is 37.6. The van der Waals surface area contributed by atoms with Crippen LogP contribution in [0.1, 0.15) is 290 Å². The second-order valence-corrected chi connectivity index (χ2v) is 21.7. The molecule has 77 heavy (non-hydrogen) atoms. The van der Waals surface area contributed by atoms with Crippen molar-refractivity contribution in [2.75, 3.05) is 13.2 Å². The number of allylic oxidation sites excluding steroid dienone is 8. The van der Waals surface area contributed by atoms with Gasteiger partial charge in [-0.25, -0.2) is 4.79 Å². The van der Waals surface area contributed by atoms with Gasteiger partial charge in [-0.1, -0.05) is 262 Å². The van der Waals surface area contributed by atoms with Crippen molar-refractivity contribution in [2.45, 2.75) is 327 Å². The molecule has 0 spiro atoms. The van der Waals surface area contributed by atoms with Gasteiger partial charge in [-0.3, -0.25) is 14.4 Å². The lowest BCUT2D eigenvalue weighted by atomic mass is 9.98. The molecule has 6 unspecified atom stereocenters. The minimum Gasteiger partial charge on any atom is -0.479 e. The molecule has 1 heterocycles. The molecule has 0 aromatic carbocycles. The number of hydrogen-bond acceptors (Lipinski definition) is 11. The first-order valence-corrected chi connectivity index (χ1v) is 31.6. The lowest BCUT2D eigenvalue weighted by Gasteiger charge is -2.40. The highest BCUT2D eigenvalue weighted by atomic mass is 16.7. The van der Waals surface area contributed by atoms with Gasteiger partial charge in [0.25, 0.3) is 0 Å². The monoisotopic (exact) mass is 1090 g/mol. The van der Waals surface area contributed by atoms with E-state index >= 15 is 0 Å². The fourth-order valence-corrected chi connectivity index (χ4v) is 9.60. The Morgan fingerprint density at radius 3 is 1.25 bits per heavy atom. The molecule has 0 aromatic rings. The second-order valence-electron chi connectivity index (χ2n) is 21.7. The van der Waals surface area contributed by atoms with Gasteiger partial charge in [0.2, 0.25) is 0 Å². The largest absolute Gasteiger partial charge is 0.479 e. The zero-order chi connectivity index (χ0) is 56.1. The van der Waals surface area contributed by atoms with Crippen molar-refractivity contribution in [3.05, 3.63) is 48.6 Å². The molecule has 12 heteroatoms. The predicted molar refractivity (Wildman–Crippen MR) is 312 cm³/mol. The fraction of sp³-hybridized carbons (Fsp3) is 0.815. The maximum absolute atomic E-state index is 13.2. The third-order valence-corrected chi connectivity index (χ3v) is 14.4. The lowest BCUT2D eigenvalue weighted by Crippen LogP contribution is -2.61. The van der Waals surface area contributed by atoms with E-state index in [0.29, 0.717) is 19.3 Å². The van der Waals surface area contributed by atoms with Crippen LogP contribution in [0, 0.1) is 0 Å². The van der Waals surface area contributed by atoms with Crippen LogP contribution in [0.4, 0.5) is 0 Å². The Morgan fingerprint density at radius 2 is 0.818 bits per heavy atom. The average Bonchev–Trinajstić information content (AvgIpc) is 3.42. The van der Waals surface area contributed by atoms with Gasteiger partial charge in [0, 0.05) is 19.3 Å². The van der Waals surface area contributed by atoms with Crippen molar-refractivity contribution >= 4 is 23.9 Å². The molecular weight excluding hydrogens is 973 g/mol. The fourth-order valence-electron chi connectivity index (χ4n) is 9.60. The molecule has 0 saturated carbocycles. The summed E-state index contributed by atoms with van der Waals surface area (Å²) in [5, 5.41) is 31.5. The Balaban J connectivity index is 2.68. The smallest absolute Gasteiger partial charge is 0.335 e. The number of aliphatic hydroxyl groups excluding tert-OH is 2. The van der Waals surface area contributed by atoms with Gasteiger partial charge in [0.1, 0.15) is 18.8 Å². The molecule has 3 N–H and O–H groups in total. The summed E-state index contributed by atoms with van der Waals surface area (Å²) in [6.07, 6.45) is 52.2. The number of aliphatic hydroxyl groups is 2. The Bertz CT molecular complexity index is 1520. The number of unbranched alkanes of at least 4 members (excludes halogenated alkanes) is 32. The molecule has 0 amide bonds. The molecule has 1 aliphatic rings. The van der Waals surface area contributed by atoms with Crippen LogP contribution in [0.2, 0.25) is 0 Å². The van der Waals surface area contributed by atoms with Crippen molar-refractivity contribution in [3.8, 4) is 0 Å². The summed E-state index contributed by atoms with van der Waals surface area (Å²) in [5.74, 6) is -3.15. The molecule has 0 radical (unpaired) electrons. The number of ether oxygens (including phenoxy) is 5. The van der Waals surface area contributed by atoms with Crippen LogP contribution in [0.25, 0.3) is 0 Å². The topological polar surface area (TPSA) is 175 Å². The summed E-state index contributed by atoms with van der Waals surface area (Å²) in [4.78, 5) is 51.2. The maximum atomic E-state index is 13.2. The molecule has 1 rings (SSSR count). The average molecular weight is 1090 g/mol. The van der Waals surface area contributed by atoms with E-state index in [1.807, 2.05) is 0 Å². The van der Waals surface area contributed by atoms with E-state index in [2.05, 4.69) is 69.4 Å². The molecular formula is C65H114O12. The van der Waals surface area contributed by atoms with Crippen molar-refractivity contribution in [2.24, 2.45) is 0 Å². The van der Waals surface area contributed by atoms with E-state index in [4.69, 9.17) is 23.7 Å². The van der Waals surface area contributed by atoms with Gasteiger partial charge in [-0.05, 0) is 57.8 Å². The van der Waals surface area contributed by atoms with Gasteiger partial charge < -0.3 is 39.0 Å². The number of carboxylic acids is 1. The van der Waals surface area contributed by atoms with E-state index in [1.54, 1.807) is 0 Å². The van der Waals surface area contributed by atoms with Crippen molar-refractivity contribution in [3.63, 3.8) is 0 Å². The minimum atomic E-state index is -1.90. The number of carbonyl (C=O) groups excluding carboxylic acids is 3. The second kappa shape index (κ2) is 53.3. The molecule has 1 aliphatic heterocycles. The van der Waals surface area contributed by atoms with Crippen LogP contribution in [-0.2, 0) is 42.9 Å². The summed E-state index contributed by atoms with van der Waals surface area (Å²) < 4.78 is 28.5. The minimum absolute atomic E-state index is 0.0614. The van der Waals surface area contributed by atoms with Crippen LogP contribution in [0.5, 0.6) is 0 Å². The zero-order valence-electron chi connectivity index (χ0n) is 49.2. The molecule has 446 valence electrons. The van der Waals surface area contributed by atoms with Crippen molar-refractivity contribution in [1.29, 1.82) is 0 Å². The molecule has 12 nitrogen and oxygen atoms in total. The van der Waals surface area contributed by atoms with Crippen LogP contribution in [0.3, 0.4) is 0 Å². The number of carbonyl (C=O) groups is 4. The van der Waals surface area contributed by atoms with Gasteiger partial charge in [0.05, 0.1) is 6.61 Å². The quantitative estimate of drug-likeness (QED) is 0.0228. The van der Waals surface area contributed by atoms with E-state index in [0.717, 1.165) is 83.5 Å². The number of rotatable bonds is 54. The molecule has 0 bridgehead atoms. The Labute approximate surface area is 469 Å². The van der Waals surface area contributed by atoms with E-state index in [9.17, 15) is 34.5 Å². The van der Waals surface area contributed by atoms with Crippen molar-refractivity contribution in [1.82, 2.24) is 0 Å². The van der Waals surface area contributed by atoms with Crippen molar-refractivity contribution < 1.29 is 58.2 Å². The highest BCUT2D eigenvalue weighted by Crippen LogP contribution is 2.27. The summed E-state index contributed by atoms with van der Waals surface area (Å²) in [6, 6.07) is 0. The first-order valence-electron chi connectivity index (χ1n) is 31.6. The zero-order valence-corrected chi connectivity index (χ0v) is 49.2. The molecule has 1 saturated heterocycles. The predicted octanol–water partition coefficient (Wildman–Crippen LogP) is 16.6. The third-order valence-electron chi connectivity index (χ3n) is 14.4. The Kier molecular flexibility index (Phi) is 49.7. The first kappa shape index (κ1) is 71.7. The van der Waals surface area contributed by atoms with Gasteiger partial charge in [-0.2, -0.15) is 0 Å². The number of carboxylic acid groups (broad SMARTS) is 1. The van der Waals surface area contributed by atoms with Crippen LogP contribution in [0.15, 0.2) is 48.6 Å². The van der Waals surface area contributed by atoms with Crippen LogP contribution in [-0.4, -0.2) is 89.2 Å². The van der Waals surface area contributed by atoms with E-state index < -0.39 is 67.3 Å². The Morgan fingerprint density at radius 1 is 0.442 bits per heavy atom. The third kappa shape index (κ3) is 43.2. The molecule has 0 aliphatic carbocycles. The van der Waals surface area contributed by atoms with Crippen LogP contribution >= 0.6 is 0 Å². The van der Waals surface area contributed by atoms with Gasteiger partial charge in [-0.15, -0.1) is 0 Å². The standard InChI is InChI=1S/C65H114O12/c1-4-7-10-13-16-19-22-25-28-29-32-35-38-41-44-47-50-53-59(68)76-63-61(70)60(69)62(64(71)72)77-65(63)74-55-56(75-58(67)52-49-46-43-40-37-34-31-27-24-21-18-15-12-9-6-3)54-73-57(66)51-48-45-42-39-36-33-30-26-23-20-17-14-11-8-5-2/h8,11,17,20,26,30,36,39,56,60-63,65,69-70H,4-7,9-10,12-16,18-19,21-25,27-29,31-35,37-38,40-55H2,1-3H3,(H,71,72)/b11-8-,20-17-,30-26-,39-36-. The van der Waals surface area contributed by atoms with E-state index in [-0.39, 0.29) is 25.9 Å². The van der Waals surface area contributed by atoms with E-state index in [1.165, 1.54) is 148 Å². The maximum Gasteiger partial charge on any atom is 0.335 e. The Hall–Kier alpha value is -3.32. The summed E-state index contributed by atoms with van der Waals surface area (Å²) >= 11 is 0.